The van der Waals surface area contributed by atoms with Gasteiger partial charge in [-0.2, -0.15) is 0 Å². The van der Waals surface area contributed by atoms with Crippen LogP contribution in [0.4, 0.5) is 11.4 Å². The molecule has 3 aromatic carbocycles. The lowest BCUT2D eigenvalue weighted by Crippen LogP contribution is -2.48. The SMILES string of the molecule is CC(=O)N1CCN(c2ccc(C(=O)NCc3ccc(OCc4ccccc4)cc3)cc2[N+](=O)[O-])CC1. The highest BCUT2D eigenvalue weighted by atomic mass is 16.6. The highest BCUT2D eigenvalue weighted by molar-refractivity contribution is 5.95. The largest absolute Gasteiger partial charge is 0.489 e. The summed E-state index contributed by atoms with van der Waals surface area (Å²) in [4.78, 5) is 39.1. The van der Waals surface area contributed by atoms with Gasteiger partial charge in [0, 0.05) is 51.3 Å². The van der Waals surface area contributed by atoms with Crippen molar-refractivity contribution in [3.8, 4) is 5.75 Å². The molecule has 3 aromatic rings. The topological polar surface area (TPSA) is 105 Å². The third kappa shape index (κ3) is 6.18. The van der Waals surface area contributed by atoms with E-state index in [2.05, 4.69) is 5.32 Å². The summed E-state index contributed by atoms with van der Waals surface area (Å²) < 4.78 is 5.78. The summed E-state index contributed by atoms with van der Waals surface area (Å²) in [6, 6.07) is 21.8. The predicted molar refractivity (Wildman–Crippen MR) is 136 cm³/mol. The molecule has 0 saturated carbocycles. The van der Waals surface area contributed by atoms with E-state index in [0.717, 1.165) is 16.9 Å². The number of ether oxygens (including phenoxy) is 1. The Kier molecular flexibility index (Phi) is 7.79. The highest BCUT2D eigenvalue weighted by Gasteiger charge is 2.25. The molecule has 0 unspecified atom stereocenters. The number of nitro groups is 1. The van der Waals surface area contributed by atoms with Gasteiger partial charge in [0.1, 0.15) is 18.0 Å². The van der Waals surface area contributed by atoms with Crippen LogP contribution in [-0.2, 0) is 17.9 Å². The van der Waals surface area contributed by atoms with Crippen LogP contribution in [0.15, 0.2) is 72.8 Å². The van der Waals surface area contributed by atoms with Gasteiger partial charge in [-0.3, -0.25) is 19.7 Å². The van der Waals surface area contributed by atoms with Crippen LogP contribution in [-0.4, -0.2) is 47.8 Å². The number of nitrogens with zero attached hydrogens (tertiary/aromatic N) is 3. The molecule has 1 N–H and O–H groups in total. The second-order valence-corrected chi connectivity index (χ2v) is 8.55. The summed E-state index contributed by atoms with van der Waals surface area (Å²) in [6.07, 6.45) is 0. The smallest absolute Gasteiger partial charge is 0.293 e. The normalized spacial score (nSPS) is 13.2. The summed E-state index contributed by atoms with van der Waals surface area (Å²) in [6.45, 7) is 4.27. The van der Waals surface area contributed by atoms with E-state index in [9.17, 15) is 19.7 Å². The number of anilines is 1. The summed E-state index contributed by atoms with van der Waals surface area (Å²) in [5, 5.41) is 14.6. The second-order valence-electron chi connectivity index (χ2n) is 8.55. The van der Waals surface area contributed by atoms with Crippen LogP contribution in [0.2, 0.25) is 0 Å². The zero-order chi connectivity index (χ0) is 25.5. The van der Waals surface area contributed by atoms with Gasteiger partial charge in [0.25, 0.3) is 11.6 Å². The Morgan fingerprint density at radius 3 is 2.28 bits per heavy atom. The molecular formula is C27H28N4O5. The maximum absolute atomic E-state index is 12.7. The van der Waals surface area contributed by atoms with Gasteiger partial charge >= 0.3 is 0 Å². The number of amides is 2. The van der Waals surface area contributed by atoms with Crippen LogP contribution in [0.1, 0.15) is 28.4 Å². The van der Waals surface area contributed by atoms with E-state index in [0.29, 0.717) is 38.5 Å². The molecule has 1 aliphatic rings. The van der Waals surface area contributed by atoms with Crippen molar-refractivity contribution in [1.29, 1.82) is 0 Å². The van der Waals surface area contributed by atoms with Crippen molar-refractivity contribution in [3.05, 3.63) is 99.6 Å². The number of hydrogen-bond donors (Lipinski definition) is 1. The van der Waals surface area contributed by atoms with Crippen molar-refractivity contribution in [2.75, 3.05) is 31.1 Å². The van der Waals surface area contributed by atoms with E-state index < -0.39 is 10.8 Å². The summed E-state index contributed by atoms with van der Waals surface area (Å²) >= 11 is 0. The maximum atomic E-state index is 12.7. The van der Waals surface area contributed by atoms with Crippen molar-refractivity contribution in [3.63, 3.8) is 0 Å². The molecule has 186 valence electrons. The minimum Gasteiger partial charge on any atom is -0.489 e. The molecule has 36 heavy (non-hydrogen) atoms. The average molecular weight is 489 g/mol. The Morgan fingerprint density at radius 2 is 1.64 bits per heavy atom. The van der Waals surface area contributed by atoms with Gasteiger partial charge in [-0.05, 0) is 35.4 Å². The lowest BCUT2D eigenvalue weighted by atomic mass is 10.1. The molecule has 9 heteroatoms. The molecule has 1 fully saturated rings. The fraction of sp³-hybridized carbons (Fsp3) is 0.259. The molecule has 0 spiro atoms. The first-order valence-corrected chi connectivity index (χ1v) is 11.7. The predicted octanol–water partition coefficient (Wildman–Crippen LogP) is 3.77. The van der Waals surface area contributed by atoms with E-state index in [4.69, 9.17) is 4.74 Å². The molecule has 0 radical (unpaired) electrons. The number of carbonyl (C=O) groups is 2. The number of benzene rings is 3. The third-order valence-electron chi connectivity index (χ3n) is 6.12. The molecule has 0 aromatic heterocycles. The monoisotopic (exact) mass is 488 g/mol. The van der Waals surface area contributed by atoms with E-state index >= 15 is 0 Å². The highest BCUT2D eigenvalue weighted by Crippen LogP contribution is 2.30. The lowest BCUT2D eigenvalue weighted by Gasteiger charge is -2.35. The minimum absolute atomic E-state index is 0.00878. The van der Waals surface area contributed by atoms with Crippen LogP contribution >= 0.6 is 0 Å². The maximum Gasteiger partial charge on any atom is 0.293 e. The minimum atomic E-state index is -0.475. The van der Waals surface area contributed by atoms with Gasteiger partial charge in [-0.25, -0.2) is 0 Å². The first-order valence-electron chi connectivity index (χ1n) is 11.7. The number of rotatable bonds is 8. The summed E-state index contributed by atoms with van der Waals surface area (Å²) in [5.41, 5.74) is 2.50. The van der Waals surface area contributed by atoms with Crippen LogP contribution in [0.5, 0.6) is 5.75 Å². The Balaban J connectivity index is 1.34. The van der Waals surface area contributed by atoms with Crippen molar-refractivity contribution >= 4 is 23.2 Å². The van der Waals surface area contributed by atoms with E-state index in [-0.39, 0.29) is 23.7 Å². The van der Waals surface area contributed by atoms with Gasteiger partial charge in [0.05, 0.1) is 4.92 Å². The van der Waals surface area contributed by atoms with Crippen molar-refractivity contribution in [2.45, 2.75) is 20.1 Å². The Hall–Kier alpha value is -4.40. The lowest BCUT2D eigenvalue weighted by molar-refractivity contribution is -0.384. The number of nitro benzene ring substituents is 1. The van der Waals surface area contributed by atoms with Crippen LogP contribution in [0.25, 0.3) is 0 Å². The molecule has 4 rings (SSSR count). The second kappa shape index (κ2) is 11.4. The van der Waals surface area contributed by atoms with Crippen LogP contribution < -0.4 is 15.0 Å². The summed E-state index contributed by atoms with van der Waals surface area (Å²) in [5.74, 6) is 0.324. The van der Waals surface area contributed by atoms with Gasteiger partial charge in [0.15, 0.2) is 0 Å². The van der Waals surface area contributed by atoms with Crippen molar-refractivity contribution in [1.82, 2.24) is 10.2 Å². The van der Waals surface area contributed by atoms with E-state index in [1.54, 1.807) is 17.0 Å². The van der Waals surface area contributed by atoms with Crippen molar-refractivity contribution in [2.24, 2.45) is 0 Å². The first kappa shape index (κ1) is 24.7. The standard InChI is InChI=1S/C27H28N4O5/c1-20(32)29-13-15-30(16-14-29)25-12-9-23(17-26(25)31(34)35)27(33)28-18-21-7-10-24(11-8-21)36-19-22-5-3-2-4-6-22/h2-12,17H,13-16,18-19H2,1H3,(H,28,33). The Bertz CT molecular complexity index is 1220. The molecule has 1 saturated heterocycles. The van der Waals surface area contributed by atoms with E-state index in [1.165, 1.54) is 13.0 Å². The van der Waals surface area contributed by atoms with Crippen LogP contribution in [0, 0.1) is 10.1 Å². The van der Waals surface area contributed by atoms with Gasteiger partial charge in [-0.1, -0.05) is 42.5 Å². The van der Waals surface area contributed by atoms with E-state index in [1.807, 2.05) is 59.5 Å². The number of carbonyl (C=O) groups excluding carboxylic acids is 2. The molecule has 0 atom stereocenters. The number of hydrogen-bond acceptors (Lipinski definition) is 6. The molecule has 9 nitrogen and oxygen atoms in total. The van der Waals surface area contributed by atoms with Gasteiger partial charge in [0.2, 0.25) is 5.91 Å². The van der Waals surface area contributed by atoms with Crippen LogP contribution in [0.3, 0.4) is 0 Å². The third-order valence-corrected chi connectivity index (χ3v) is 6.12. The summed E-state index contributed by atoms with van der Waals surface area (Å²) in [7, 11) is 0. The zero-order valence-corrected chi connectivity index (χ0v) is 20.1. The van der Waals surface area contributed by atoms with Gasteiger partial charge < -0.3 is 19.9 Å². The average Bonchev–Trinajstić information content (AvgIpc) is 2.91. The molecular weight excluding hydrogens is 460 g/mol. The zero-order valence-electron chi connectivity index (χ0n) is 20.1. The Morgan fingerprint density at radius 1 is 0.944 bits per heavy atom. The first-order chi connectivity index (χ1) is 17.4. The molecule has 0 aliphatic carbocycles. The Labute approximate surface area is 209 Å². The fourth-order valence-electron chi connectivity index (χ4n) is 4.07. The molecule has 2 amide bonds. The molecule has 0 bridgehead atoms. The number of piperazine rings is 1. The van der Waals surface area contributed by atoms with Crippen molar-refractivity contribution < 1.29 is 19.2 Å². The van der Waals surface area contributed by atoms with Gasteiger partial charge in [-0.15, -0.1) is 0 Å². The quantitative estimate of drug-likeness (QED) is 0.382. The molecule has 1 aliphatic heterocycles. The fourth-order valence-corrected chi connectivity index (χ4v) is 4.07. The molecule has 1 heterocycles. The number of nitrogens with one attached hydrogen (secondary N) is 1.